The monoisotopic (exact) mass is 446 g/mol. The topological polar surface area (TPSA) is 167 Å². The quantitative estimate of drug-likeness (QED) is 0.535. The molecule has 12 nitrogen and oxygen atoms in total. The average Bonchev–Trinajstić information content (AvgIpc) is 3.03. The summed E-state index contributed by atoms with van der Waals surface area (Å²) < 4.78 is 53.4. The van der Waals surface area contributed by atoms with Crippen molar-refractivity contribution in [3.05, 3.63) is 29.8 Å². The fourth-order valence-corrected chi connectivity index (χ4v) is 4.76. The first-order chi connectivity index (χ1) is 14.0. The van der Waals surface area contributed by atoms with Crippen molar-refractivity contribution in [1.82, 2.24) is 20.1 Å². The molecule has 1 aliphatic rings. The van der Waals surface area contributed by atoms with E-state index >= 15 is 0 Å². The first-order valence-electron chi connectivity index (χ1n) is 8.34. The molecule has 1 unspecified atom stereocenters. The van der Waals surface area contributed by atoms with Gasteiger partial charge in [-0.25, -0.2) is 22.7 Å². The number of aryl methyl sites for hydroxylation is 1. The number of alkyl halides is 2. The minimum atomic E-state index is -4.46. The van der Waals surface area contributed by atoms with Gasteiger partial charge in [-0.1, -0.05) is 0 Å². The summed E-state index contributed by atoms with van der Waals surface area (Å²) in [5, 5.41) is 25.6. The number of pyridine rings is 1. The molecule has 2 amide bonds. The van der Waals surface area contributed by atoms with Crippen LogP contribution in [-0.2, 0) is 16.4 Å². The molecular formula is C15H16F2N6O6S. The standard InChI is InChI=1S/C15H16F2N6O6S/c1-7-12(6-22(21-7)13(16)17)30(28,29)23-5-9(20-15(26)27)2-10-11(23)3-8(4-18-10)19-14(24)25/h3-4,6,9,13,19-20H,2,5H2,1H3,(H,24,25)(H,26,27). The van der Waals surface area contributed by atoms with Gasteiger partial charge in [0.1, 0.15) is 4.90 Å². The number of sulfonamides is 1. The Morgan fingerprint density at radius 3 is 2.57 bits per heavy atom. The smallest absolute Gasteiger partial charge is 0.409 e. The molecule has 0 aromatic carbocycles. The Bertz CT molecular complexity index is 1110. The summed E-state index contributed by atoms with van der Waals surface area (Å²) >= 11 is 0. The molecule has 1 aliphatic heterocycles. The number of carboxylic acid groups (broad SMARTS) is 2. The number of carbonyl (C=O) groups is 2. The van der Waals surface area contributed by atoms with Crippen molar-refractivity contribution in [3.63, 3.8) is 0 Å². The van der Waals surface area contributed by atoms with Gasteiger partial charge < -0.3 is 15.5 Å². The van der Waals surface area contributed by atoms with Crippen LogP contribution in [0.2, 0.25) is 0 Å². The molecule has 0 radical (unpaired) electrons. The van der Waals surface area contributed by atoms with Crippen molar-refractivity contribution >= 4 is 33.6 Å². The summed E-state index contributed by atoms with van der Waals surface area (Å²) in [6.07, 6.45) is -0.916. The summed E-state index contributed by atoms with van der Waals surface area (Å²) in [4.78, 5) is 25.5. The van der Waals surface area contributed by atoms with E-state index in [0.29, 0.717) is 6.20 Å². The zero-order valence-electron chi connectivity index (χ0n) is 15.3. The fraction of sp³-hybridized carbons (Fsp3) is 0.333. The van der Waals surface area contributed by atoms with Gasteiger partial charge in [-0.3, -0.25) is 14.6 Å². The van der Waals surface area contributed by atoms with E-state index in [4.69, 9.17) is 10.2 Å². The second-order valence-corrected chi connectivity index (χ2v) is 8.17. The van der Waals surface area contributed by atoms with Crippen molar-refractivity contribution < 1.29 is 37.0 Å². The first kappa shape index (κ1) is 21.2. The van der Waals surface area contributed by atoms with Gasteiger partial charge in [0.25, 0.3) is 10.0 Å². The molecule has 0 saturated carbocycles. The van der Waals surface area contributed by atoms with Crippen LogP contribution in [0, 0.1) is 6.92 Å². The van der Waals surface area contributed by atoms with Gasteiger partial charge >= 0.3 is 18.7 Å². The predicted octanol–water partition coefficient (Wildman–Crippen LogP) is 1.46. The number of anilines is 2. The van der Waals surface area contributed by atoms with E-state index in [1.54, 1.807) is 0 Å². The third-order valence-corrected chi connectivity index (χ3v) is 6.14. The fourth-order valence-electron chi connectivity index (χ4n) is 3.08. The highest BCUT2D eigenvalue weighted by molar-refractivity contribution is 7.92. The van der Waals surface area contributed by atoms with E-state index in [2.05, 4.69) is 15.4 Å². The highest BCUT2D eigenvalue weighted by Gasteiger charge is 2.37. The van der Waals surface area contributed by atoms with Gasteiger partial charge in [-0.05, 0) is 13.0 Å². The van der Waals surface area contributed by atoms with E-state index in [1.165, 1.54) is 13.0 Å². The number of nitrogens with one attached hydrogen (secondary N) is 2. The number of hydrogen-bond donors (Lipinski definition) is 4. The maximum atomic E-state index is 13.3. The number of fused-ring (bicyclic) bond motifs is 1. The number of nitrogens with zero attached hydrogens (tertiary/aromatic N) is 4. The van der Waals surface area contributed by atoms with Crippen molar-refractivity contribution in [2.24, 2.45) is 0 Å². The van der Waals surface area contributed by atoms with Crippen LogP contribution in [0.4, 0.5) is 29.7 Å². The SMILES string of the molecule is Cc1nn(C(F)F)cc1S(=O)(=O)N1CC(NC(=O)O)Cc2ncc(NC(=O)O)cc21. The molecular weight excluding hydrogens is 430 g/mol. The van der Waals surface area contributed by atoms with Crippen LogP contribution in [0.5, 0.6) is 0 Å². The third kappa shape index (κ3) is 4.10. The highest BCUT2D eigenvalue weighted by atomic mass is 32.2. The van der Waals surface area contributed by atoms with Crippen LogP contribution >= 0.6 is 0 Å². The van der Waals surface area contributed by atoms with Crippen molar-refractivity contribution in [1.29, 1.82) is 0 Å². The van der Waals surface area contributed by atoms with Gasteiger partial charge in [0.15, 0.2) is 0 Å². The van der Waals surface area contributed by atoms with Gasteiger partial charge in [0.05, 0.1) is 47.7 Å². The van der Waals surface area contributed by atoms with Gasteiger partial charge in [0, 0.05) is 6.42 Å². The molecule has 162 valence electrons. The van der Waals surface area contributed by atoms with Crippen LogP contribution in [0.1, 0.15) is 17.9 Å². The van der Waals surface area contributed by atoms with Gasteiger partial charge in [0.2, 0.25) is 0 Å². The summed E-state index contributed by atoms with van der Waals surface area (Å²) in [5.74, 6) is 0. The second-order valence-electron chi connectivity index (χ2n) is 6.34. The third-order valence-electron chi connectivity index (χ3n) is 4.26. The van der Waals surface area contributed by atoms with Crippen molar-refractivity contribution in [3.8, 4) is 0 Å². The minimum Gasteiger partial charge on any atom is -0.465 e. The maximum absolute atomic E-state index is 13.3. The molecule has 0 fully saturated rings. The Hall–Kier alpha value is -3.49. The molecule has 1 atom stereocenters. The van der Waals surface area contributed by atoms with Gasteiger partial charge in [-0.15, -0.1) is 0 Å². The molecule has 0 aliphatic carbocycles. The Morgan fingerprint density at radius 1 is 1.30 bits per heavy atom. The number of hydrogen-bond acceptors (Lipinski definition) is 6. The Labute approximate surface area is 168 Å². The molecule has 0 saturated heterocycles. The zero-order chi connectivity index (χ0) is 22.2. The lowest BCUT2D eigenvalue weighted by Gasteiger charge is -2.34. The molecule has 0 bridgehead atoms. The van der Waals surface area contributed by atoms with Crippen LogP contribution < -0.4 is 14.9 Å². The van der Waals surface area contributed by atoms with Crippen LogP contribution in [-0.4, -0.2) is 58.2 Å². The molecule has 2 aromatic rings. The Morgan fingerprint density at radius 2 is 2.00 bits per heavy atom. The first-order valence-corrected chi connectivity index (χ1v) is 9.78. The normalized spacial score (nSPS) is 16.3. The molecule has 2 aromatic heterocycles. The van der Waals surface area contributed by atoms with E-state index < -0.39 is 39.7 Å². The summed E-state index contributed by atoms with van der Waals surface area (Å²) in [7, 11) is -4.46. The Balaban J connectivity index is 2.11. The lowest BCUT2D eigenvalue weighted by molar-refractivity contribution is 0.0561. The van der Waals surface area contributed by atoms with E-state index in [1.807, 2.05) is 5.32 Å². The van der Waals surface area contributed by atoms with Crippen molar-refractivity contribution in [2.45, 2.75) is 30.8 Å². The minimum absolute atomic E-state index is 0.00566. The molecule has 15 heteroatoms. The molecule has 0 spiro atoms. The second kappa shape index (κ2) is 7.74. The molecule has 3 heterocycles. The van der Waals surface area contributed by atoms with Crippen LogP contribution in [0.15, 0.2) is 23.4 Å². The summed E-state index contributed by atoms with van der Waals surface area (Å²) in [6, 6.07) is 0.346. The van der Waals surface area contributed by atoms with Gasteiger partial charge in [-0.2, -0.15) is 13.9 Å². The number of halogens is 2. The van der Waals surface area contributed by atoms with Crippen LogP contribution in [0.25, 0.3) is 0 Å². The van der Waals surface area contributed by atoms with E-state index in [9.17, 15) is 26.8 Å². The van der Waals surface area contributed by atoms with E-state index in [-0.39, 0.29) is 40.4 Å². The van der Waals surface area contributed by atoms with Crippen LogP contribution in [0.3, 0.4) is 0 Å². The number of rotatable bonds is 5. The largest absolute Gasteiger partial charge is 0.465 e. The molecule has 30 heavy (non-hydrogen) atoms. The molecule has 4 N–H and O–H groups in total. The van der Waals surface area contributed by atoms with E-state index in [0.717, 1.165) is 10.5 Å². The Kier molecular flexibility index (Phi) is 5.47. The lowest BCUT2D eigenvalue weighted by atomic mass is 10.0. The number of amides is 2. The van der Waals surface area contributed by atoms with Crippen molar-refractivity contribution in [2.75, 3.05) is 16.2 Å². The lowest BCUT2D eigenvalue weighted by Crippen LogP contribution is -2.50. The summed E-state index contributed by atoms with van der Waals surface area (Å²) in [5.41, 5.74) is -0.0312. The maximum Gasteiger partial charge on any atom is 0.409 e. The zero-order valence-corrected chi connectivity index (χ0v) is 16.1. The molecule has 3 rings (SSSR count). The number of aromatic nitrogens is 3. The predicted molar refractivity (Wildman–Crippen MR) is 97.3 cm³/mol. The highest BCUT2D eigenvalue weighted by Crippen LogP contribution is 2.34. The summed E-state index contributed by atoms with van der Waals surface area (Å²) in [6.45, 7) is -2.18. The average molecular weight is 446 g/mol.